The second kappa shape index (κ2) is 4.67. The number of hydrogen-bond acceptors (Lipinski definition) is 6. The van der Waals surface area contributed by atoms with Crippen molar-refractivity contribution in [2.75, 3.05) is 0 Å². The van der Waals surface area contributed by atoms with E-state index in [1.54, 1.807) is 5.51 Å². The summed E-state index contributed by atoms with van der Waals surface area (Å²) in [6.07, 6.45) is 0. The van der Waals surface area contributed by atoms with Crippen LogP contribution in [0.15, 0.2) is 39.7 Å². The molecule has 3 aromatic rings. The van der Waals surface area contributed by atoms with Crippen molar-refractivity contribution >= 4 is 11.3 Å². The van der Waals surface area contributed by atoms with Gasteiger partial charge in [-0.2, -0.15) is 4.98 Å². The predicted molar refractivity (Wildman–Crippen MR) is 68.7 cm³/mol. The predicted octanol–water partition coefficient (Wildman–Crippen LogP) is 2.32. The molecule has 0 unspecified atom stereocenters. The molecule has 0 fully saturated rings. The molecule has 0 bridgehead atoms. The number of thiazole rings is 1. The Bertz CT molecular complexity index is 648. The number of aromatic nitrogens is 3. The first kappa shape index (κ1) is 11.1. The molecule has 0 radical (unpaired) electrons. The second-order valence-corrected chi connectivity index (χ2v) is 4.42. The highest BCUT2D eigenvalue weighted by molar-refractivity contribution is 7.07. The third kappa shape index (κ3) is 2.03. The maximum atomic E-state index is 5.60. The van der Waals surface area contributed by atoms with Gasteiger partial charge in [0.05, 0.1) is 5.51 Å². The molecule has 0 aliphatic rings. The zero-order chi connectivity index (χ0) is 12.4. The normalized spacial score (nSPS) is 10.7. The first-order valence-corrected chi connectivity index (χ1v) is 6.33. The Kier molecular flexibility index (Phi) is 2.87. The first-order chi connectivity index (χ1) is 8.86. The zero-order valence-corrected chi connectivity index (χ0v) is 10.2. The fourth-order valence-electron chi connectivity index (χ4n) is 1.60. The summed E-state index contributed by atoms with van der Waals surface area (Å²) in [7, 11) is 0. The van der Waals surface area contributed by atoms with E-state index < -0.39 is 0 Å². The summed E-state index contributed by atoms with van der Waals surface area (Å²) < 4.78 is 5.24. The van der Waals surface area contributed by atoms with Gasteiger partial charge in [0.1, 0.15) is 5.69 Å². The molecular weight excluding hydrogens is 248 g/mol. The molecule has 0 aliphatic heterocycles. The highest BCUT2D eigenvalue weighted by Gasteiger charge is 2.11. The second-order valence-electron chi connectivity index (χ2n) is 3.70. The molecule has 2 N–H and O–H groups in total. The van der Waals surface area contributed by atoms with E-state index in [0.717, 1.165) is 16.8 Å². The topological polar surface area (TPSA) is 77.8 Å². The number of benzene rings is 1. The largest absolute Gasteiger partial charge is 0.334 e. The molecule has 18 heavy (non-hydrogen) atoms. The van der Waals surface area contributed by atoms with Crippen molar-refractivity contribution in [3.63, 3.8) is 0 Å². The van der Waals surface area contributed by atoms with E-state index in [-0.39, 0.29) is 0 Å². The first-order valence-electron chi connectivity index (χ1n) is 5.38. The van der Waals surface area contributed by atoms with Gasteiger partial charge < -0.3 is 10.3 Å². The van der Waals surface area contributed by atoms with Gasteiger partial charge in [-0.1, -0.05) is 17.3 Å². The van der Waals surface area contributed by atoms with E-state index in [0.29, 0.717) is 18.3 Å². The summed E-state index contributed by atoms with van der Waals surface area (Å²) in [5.74, 6) is 0.984. The van der Waals surface area contributed by atoms with Crippen molar-refractivity contribution in [3.8, 4) is 23.0 Å². The van der Waals surface area contributed by atoms with Crippen molar-refractivity contribution in [2.24, 2.45) is 5.73 Å². The van der Waals surface area contributed by atoms with Crippen LogP contribution in [0.1, 0.15) is 5.56 Å². The van der Waals surface area contributed by atoms with Gasteiger partial charge in [-0.25, -0.2) is 4.98 Å². The van der Waals surface area contributed by atoms with E-state index in [4.69, 9.17) is 10.3 Å². The molecule has 0 saturated heterocycles. The van der Waals surface area contributed by atoms with E-state index >= 15 is 0 Å². The van der Waals surface area contributed by atoms with E-state index in [1.807, 2.05) is 29.6 Å². The Balaban J connectivity index is 1.97. The SMILES string of the molecule is NCc1cccc(-c2nc(-c3cscn3)no2)c1. The summed E-state index contributed by atoms with van der Waals surface area (Å²) in [4.78, 5) is 8.46. The third-order valence-corrected chi connectivity index (χ3v) is 3.08. The molecule has 90 valence electrons. The zero-order valence-electron chi connectivity index (χ0n) is 9.41. The molecular formula is C12H10N4OS. The van der Waals surface area contributed by atoms with E-state index in [1.165, 1.54) is 11.3 Å². The Hall–Kier alpha value is -2.05. The molecule has 0 spiro atoms. The molecule has 5 nitrogen and oxygen atoms in total. The number of nitrogens with two attached hydrogens (primary N) is 1. The van der Waals surface area contributed by atoms with Crippen LogP contribution in [0.3, 0.4) is 0 Å². The van der Waals surface area contributed by atoms with Gasteiger partial charge in [0.25, 0.3) is 5.89 Å². The van der Waals surface area contributed by atoms with Gasteiger partial charge in [-0.05, 0) is 17.7 Å². The quantitative estimate of drug-likeness (QED) is 0.780. The lowest BCUT2D eigenvalue weighted by Crippen LogP contribution is -1.95. The van der Waals surface area contributed by atoms with Crippen LogP contribution in [0.25, 0.3) is 23.0 Å². The van der Waals surface area contributed by atoms with Crippen molar-refractivity contribution in [2.45, 2.75) is 6.54 Å². The minimum atomic E-state index is 0.480. The Morgan fingerprint density at radius 2 is 2.28 bits per heavy atom. The lowest BCUT2D eigenvalue weighted by atomic mass is 10.1. The van der Waals surface area contributed by atoms with E-state index in [9.17, 15) is 0 Å². The van der Waals surface area contributed by atoms with Gasteiger partial charge >= 0.3 is 0 Å². The van der Waals surface area contributed by atoms with Crippen molar-refractivity contribution < 1.29 is 4.52 Å². The maximum Gasteiger partial charge on any atom is 0.258 e. The molecule has 6 heteroatoms. The van der Waals surface area contributed by atoms with Crippen LogP contribution in [0.4, 0.5) is 0 Å². The minimum Gasteiger partial charge on any atom is -0.334 e. The molecule has 1 aromatic carbocycles. The molecule has 0 saturated carbocycles. The Morgan fingerprint density at radius 3 is 3.06 bits per heavy atom. The van der Waals surface area contributed by atoms with Crippen LogP contribution >= 0.6 is 11.3 Å². The number of nitrogens with zero attached hydrogens (tertiary/aromatic N) is 3. The van der Waals surface area contributed by atoms with Gasteiger partial charge in [-0.3, -0.25) is 0 Å². The molecule has 0 atom stereocenters. The lowest BCUT2D eigenvalue weighted by molar-refractivity contribution is 0.432. The van der Waals surface area contributed by atoms with Crippen LogP contribution in [0.2, 0.25) is 0 Å². The van der Waals surface area contributed by atoms with Crippen LogP contribution in [-0.2, 0) is 6.54 Å². The summed E-state index contributed by atoms with van der Waals surface area (Å²) in [5, 5.41) is 5.80. The fourth-order valence-corrected chi connectivity index (χ4v) is 2.13. The summed E-state index contributed by atoms with van der Waals surface area (Å²) in [5.41, 5.74) is 9.96. The minimum absolute atomic E-state index is 0.480. The summed E-state index contributed by atoms with van der Waals surface area (Å²) >= 11 is 1.50. The van der Waals surface area contributed by atoms with Crippen molar-refractivity contribution in [1.82, 2.24) is 15.1 Å². The highest BCUT2D eigenvalue weighted by atomic mass is 32.1. The Morgan fingerprint density at radius 1 is 1.33 bits per heavy atom. The number of rotatable bonds is 3. The molecule has 2 aromatic heterocycles. The van der Waals surface area contributed by atoms with Gasteiger partial charge in [0, 0.05) is 17.5 Å². The average molecular weight is 258 g/mol. The highest BCUT2D eigenvalue weighted by Crippen LogP contribution is 2.22. The molecule has 0 amide bonds. The van der Waals surface area contributed by atoms with Gasteiger partial charge in [0.2, 0.25) is 5.82 Å². The number of hydrogen-bond donors (Lipinski definition) is 1. The lowest BCUT2D eigenvalue weighted by Gasteiger charge is -1.97. The van der Waals surface area contributed by atoms with Gasteiger partial charge in [-0.15, -0.1) is 11.3 Å². The van der Waals surface area contributed by atoms with Crippen LogP contribution in [-0.4, -0.2) is 15.1 Å². The summed E-state index contributed by atoms with van der Waals surface area (Å²) in [6, 6.07) is 7.74. The van der Waals surface area contributed by atoms with Crippen molar-refractivity contribution in [3.05, 3.63) is 40.7 Å². The molecule has 2 heterocycles. The smallest absolute Gasteiger partial charge is 0.258 e. The van der Waals surface area contributed by atoms with Gasteiger partial charge in [0.15, 0.2) is 0 Å². The van der Waals surface area contributed by atoms with Crippen molar-refractivity contribution in [1.29, 1.82) is 0 Å². The monoisotopic (exact) mass is 258 g/mol. The van der Waals surface area contributed by atoms with Crippen LogP contribution in [0, 0.1) is 0 Å². The van der Waals surface area contributed by atoms with Crippen LogP contribution in [0.5, 0.6) is 0 Å². The average Bonchev–Trinajstić information content (AvgIpc) is 3.09. The summed E-state index contributed by atoms with van der Waals surface area (Å²) in [6.45, 7) is 0.487. The molecule has 0 aliphatic carbocycles. The van der Waals surface area contributed by atoms with Crippen LogP contribution < -0.4 is 5.73 Å². The third-order valence-electron chi connectivity index (χ3n) is 2.50. The van der Waals surface area contributed by atoms with E-state index in [2.05, 4.69) is 15.1 Å². The standard InChI is InChI=1S/C12H10N4OS/c13-5-8-2-1-3-9(4-8)12-15-11(16-17-12)10-6-18-7-14-10/h1-4,6-7H,5,13H2. The maximum absolute atomic E-state index is 5.60. The fraction of sp³-hybridized carbons (Fsp3) is 0.0833. The Labute approximate surface area is 107 Å². The molecule has 3 rings (SSSR count).